The molecule has 0 radical (unpaired) electrons. The van der Waals surface area contributed by atoms with E-state index in [1.807, 2.05) is 11.8 Å². The molecule has 3 aliphatic rings. The molecule has 0 N–H and O–H groups in total. The molecule has 2 heterocycles. The topological polar surface area (TPSA) is 68.5 Å². The summed E-state index contributed by atoms with van der Waals surface area (Å²) in [6, 6.07) is -0.230. The van der Waals surface area contributed by atoms with Crippen molar-refractivity contribution in [3.63, 3.8) is 0 Å². The third-order valence-electron chi connectivity index (χ3n) is 4.88. The van der Waals surface area contributed by atoms with E-state index in [4.69, 9.17) is 9.26 Å². The molecular weight excluding hydrogens is 270 g/mol. The number of ether oxygens (including phenoxy) is 1. The lowest BCUT2D eigenvalue weighted by Gasteiger charge is -2.40. The molecule has 1 aromatic rings. The van der Waals surface area contributed by atoms with Gasteiger partial charge in [-0.05, 0) is 32.6 Å². The van der Waals surface area contributed by atoms with E-state index in [-0.39, 0.29) is 24.0 Å². The summed E-state index contributed by atoms with van der Waals surface area (Å²) in [5.41, 5.74) is 0. The third kappa shape index (κ3) is 2.35. The second-order valence-electron chi connectivity index (χ2n) is 6.45. The van der Waals surface area contributed by atoms with Crippen molar-refractivity contribution in [1.29, 1.82) is 0 Å². The molecule has 1 saturated heterocycles. The Hall–Kier alpha value is -1.43. The van der Waals surface area contributed by atoms with Crippen molar-refractivity contribution in [3.05, 3.63) is 11.7 Å². The van der Waals surface area contributed by atoms with Crippen LogP contribution < -0.4 is 0 Å². The van der Waals surface area contributed by atoms with Crippen molar-refractivity contribution in [2.75, 3.05) is 13.2 Å². The van der Waals surface area contributed by atoms with E-state index in [1.165, 1.54) is 0 Å². The molecular formula is C15H21N3O3. The highest BCUT2D eigenvalue weighted by Crippen LogP contribution is 2.40. The summed E-state index contributed by atoms with van der Waals surface area (Å²) >= 11 is 0. The third-order valence-corrected chi connectivity index (χ3v) is 4.88. The first-order chi connectivity index (χ1) is 10.2. The van der Waals surface area contributed by atoms with Crippen LogP contribution in [0.4, 0.5) is 0 Å². The summed E-state index contributed by atoms with van der Waals surface area (Å²) in [7, 11) is 0. The van der Waals surface area contributed by atoms with Crippen molar-refractivity contribution in [2.45, 2.75) is 57.1 Å². The van der Waals surface area contributed by atoms with E-state index < -0.39 is 0 Å². The Labute approximate surface area is 123 Å². The van der Waals surface area contributed by atoms with E-state index in [1.54, 1.807) is 0 Å². The highest BCUT2D eigenvalue weighted by atomic mass is 16.5. The average Bonchev–Trinajstić information content (AvgIpc) is 3.15. The molecule has 0 bridgehead atoms. The molecule has 21 heavy (non-hydrogen) atoms. The van der Waals surface area contributed by atoms with Gasteiger partial charge in [0.15, 0.2) is 5.82 Å². The monoisotopic (exact) mass is 291 g/mol. The van der Waals surface area contributed by atoms with Gasteiger partial charge in [-0.25, -0.2) is 0 Å². The lowest BCUT2D eigenvalue weighted by atomic mass is 9.83. The molecule has 6 nitrogen and oxygen atoms in total. The van der Waals surface area contributed by atoms with Crippen molar-refractivity contribution in [2.24, 2.45) is 5.92 Å². The molecule has 3 fully saturated rings. The van der Waals surface area contributed by atoms with E-state index in [0.29, 0.717) is 25.0 Å². The molecule has 1 amide bonds. The first-order valence-corrected chi connectivity index (χ1v) is 7.99. The molecule has 2 atom stereocenters. The van der Waals surface area contributed by atoms with Crippen LogP contribution in [0.25, 0.3) is 0 Å². The standard InChI is InChI=1S/C15H21N3O3/c1-9-12(14-16-13(17-21-14)10-5-6-10)18(7-8-20-9)15(19)11-3-2-4-11/h9-12H,2-8H2,1H3/t9-,12+/m1/s1. The van der Waals surface area contributed by atoms with E-state index in [9.17, 15) is 4.79 Å². The number of carbonyl (C=O) groups excluding carboxylic acids is 1. The van der Waals surface area contributed by atoms with Crippen LogP contribution in [-0.2, 0) is 9.53 Å². The van der Waals surface area contributed by atoms with Gasteiger partial charge in [0.05, 0.1) is 12.7 Å². The first-order valence-electron chi connectivity index (χ1n) is 7.99. The fraction of sp³-hybridized carbons (Fsp3) is 0.800. The highest BCUT2D eigenvalue weighted by molar-refractivity contribution is 5.80. The number of hydrogen-bond acceptors (Lipinski definition) is 5. The second-order valence-corrected chi connectivity index (χ2v) is 6.45. The largest absolute Gasteiger partial charge is 0.374 e. The zero-order valence-corrected chi connectivity index (χ0v) is 12.3. The lowest BCUT2D eigenvalue weighted by Crippen LogP contribution is -2.50. The van der Waals surface area contributed by atoms with Crippen molar-refractivity contribution in [3.8, 4) is 0 Å². The number of hydrogen-bond donors (Lipinski definition) is 0. The number of amides is 1. The fourth-order valence-corrected chi connectivity index (χ4v) is 3.17. The van der Waals surface area contributed by atoms with E-state index >= 15 is 0 Å². The smallest absolute Gasteiger partial charge is 0.252 e. The van der Waals surface area contributed by atoms with Crippen molar-refractivity contribution >= 4 is 5.91 Å². The van der Waals surface area contributed by atoms with E-state index in [2.05, 4.69) is 10.1 Å². The Kier molecular flexibility index (Phi) is 3.21. The van der Waals surface area contributed by atoms with E-state index in [0.717, 1.165) is 37.9 Å². The van der Waals surface area contributed by atoms with Gasteiger partial charge in [-0.2, -0.15) is 4.98 Å². The zero-order chi connectivity index (χ0) is 14.4. The van der Waals surface area contributed by atoms with Gasteiger partial charge in [0.25, 0.3) is 5.89 Å². The number of carbonyl (C=O) groups is 1. The molecule has 2 saturated carbocycles. The second kappa shape index (κ2) is 5.09. The van der Waals surface area contributed by atoms with Crippen LogP contribution in [0.1, 0.15) is 62.7 Å². The van der Waals surface area contributed by atoms with Gasteiger partial charge in [-0.3, -0.25) is 4.79 Å². The number of nitrogens with zero attached hydrogens (tertiary/aromatic N) is 3. The van der Waals surface area contributed by atoms with Crippen LogP contribution in [0.15, 0.2) is 4.52 Å². The Bertz CT molecular complexity index is 536. The van der Waals surface area contributed by atoms with Crippen LogP contribution in [0.5, 0.6) is 0 Å². The summed E-state index contributed by atoms with van der Waals surface area (Å²) in [5, 5.41) is 4.08. The maximum atomic E-state index is 12.6. The maximum Gasteiger partial charge on any atom is 0.252 e. The summed E-state index contributed by atoms with van der Waals surface area (Å²) < 4.78 is 11.2. The van der Waals surface area contributed by atoms with Crippen LogP contribution in [0, 0.1) is 5.92 Å². The van der Waals surface area contributed by atoms with Gasteiger partial charge >= 0.3 is 0 Å². The average molecular weight is 291 g/mol. The minimum absolute atomic E-state index is 0.102. The SMILES string of the molecule is C[C@H]1OCCN(C(=O)C2CCC2)[C@@H]1c1nc(C2CC2)no1. The lowest BCUT2D eigenvalue weighted by molar-refractivity contribution is -0.154. The Morgan fingerprint density at radius 2 is 2.10 bits per heavy atom. The summed E-state index contributed by atoms with van der Waals surface area (Å²) in [5.74, 6) is 2.20. The summed E-state index contributed by atoms with van der Waals surface area (Å²) in [6.07, 6.45) is 5.35. The Morgan fingerprint density at radius 3 is 2.76 bits per heavy atom. The molecule has 0 unspecified atom stereocenters. The Balaban J connectivity index is 1.58. The normalized spacial score (nSPS) is 30.2. The summed E-state index contributed by atoms with van der Waals surface area (Å²) in [4.78, 5) is 19.1. The van der Waals surface area contributed by atoms with Crippen LogP contribution in [0.3, 0.4) is 0 Å². The number of morpholine rings is 1. The van der Waals surface area contributed by atoms with Gasteiger partial charge in [0.2, 0.25) is 5.91 Å². The molecule has 0 aromatic carbocycles. The minimum atomic E-state index is -0.230. The van der Waals surface area contributed by atoms with Crippen molar-refractivity contribution < 1.29 is 14.1 Å². The molecule has 1 aliphatic heterocycles. The fourth-order valence-electron chi connectivity index (χ4n) is 3.17. The van der Waals surface area contributed by atoms with Crippen LogP contribution in [0.2, 0.25) is 0 Å². The quantitative estimate of drug-likeness (QED) is 0.852. The van der Waals surface area contributed by atoms with Gasteiger partial charge in [-0.15, -0.1) is 0 Å². The Morgan fingerprint density at radius 1 is 1.29 bits per heavy atom. The zero-order valence-electron chi connectivity index (χ0n) is 12.3. The molecule has 6 heteroatoms. The molecule has 4 rings (SSSR count). The van der Waals surface area contributed by atoms with Crippen LogP contribution in [-0.4, -0.2) is 40.2 Å². The maximum absolute atomic E-state index is 12.6. The number of aromatic nitrogens is 2. The van der Waals surface area contributed by atoms with Gasteiger partial charge < -0.3 is 14.2 Å². The summed E-state index contributed by atoms with van der Waals surface area (Å²) in [6.45, 7) is 3.18. The predicted molar refractivity (Wildman–Crippen MR) is 73.5 cm³/mol. The number of rotatable bonds is 3. The molecule has 2 aliphatic carbocycles. The van der Waals surface area contributed by atoms with Gasteiger partial charge in [0.1, 0.15) is 6.04 Å². The molecule has 1 aromatic heterocycles. The van der Waals surface area contributed by atoms with Gasteiger partial charge in [0, 0.05) is 18.4 Å². The van der Waals surface area contributed by atoms with Crippen molar-refractivity contribution in [1.82, 2.24) is 15.0 Å². The minimum Gasteiger partial charge on any atom is -0.374 e. The highest BCUT2D eigenvalue weighted by Gasteiger charge is 2.42. The predicted octanol–water partition coefficient (Wildman–Crippen LogP) is 2.04. The van der Waals surface area contributed by atoms with Gasteiger partial charge in [-0.1, -0.05) is 11.6 Å². The van der Waals surface area contributed by atoms with Crippen LogP contribution >= 0.6 is 0 Å². The first kappa shape index (κ1) is 13.2. The molecule has 114 valence electrons. The molecule has 0 spiro atoms.